The third kappa shape index (κ3) is 4.67. The van der Waals surface area contributed by atoms with Gasteiger partial charge in [0.1, 0.15) is 0 Å². The molecule has 0 aromatic carbocycles. The molecular weight excluding hydrogens is 284 g/mol. The van der Waals surface area contributed by atoms with E-state index in [1.807, 2.05) is 0 Å². The van der Waals surface area contributed by atoms with E-state index in [9.17, 15) is 8.42 Å². The van der Waals surface area contributed by atoms with Crippen molar-refractivity contribution in [2.45, 2.75) is 70.2 Å². The van der Waals surface area contributed by atoms with E-state index in [1.54, 1.807) is 13.8 Å². The topological polar surface area (TPSA) is 49.4 Å². The normalized spacial score (nSPS) is 29.9. The molecule has 2 atom stereocenters. The molecule has 0 radical (unpaired) electrons. The average Bonchev–Trinajstić information content (AvgIpc) is 2.46. The van der Waals surface area contributed by atoms with Gasteiger partial charge in [-0.3, -0.25) is 4.90 Å². The molecule has 2 unspecified atom stereocenters. The predicted molar refractivity (Wildman–Crippen MR) is 88.3 cm³/mol. The Labute approximate surface area is 130 Å². The Bertz CT molecular complexity index is 416. The highest BCUT2D eigenvalue weighted by Gasteiger charge is 2.33. The number of rotatable bonds is 5. The number of hydrogen-bond acceptors (Lipinski definition) is 4. The summed E-state index contributed by atoms with van der Waals surface area (Å²) >= 11 is 0. The molecule has 0 aromatic heterocycles. The van der Waals surface area contributed by atoms with Gasteiger partial charge < -0.3 is 5.32 Å². The molecule has 1 N–H and O–H groups in total. The first kappa shape index (κ1) is 17.2. The van der Waals surface area contributed by atoms with E-state index in [4.69, 9.17) is 0 Å². The molecule has 4 nitrogen and oxygen atoms in total. The van der Waals surface area contributed by atoms with Crippen LogP contribution in [-0.2, 0) is 9.84 Å². The third-order valence-electron chi connectivity index (χ3n) is 5.23. The van der Waals surface area contributed by atoms with Gasteiger partial charge in [0.05, 0.1) is 11.0 Å². The van der Waals surface area contributed by atoms with Crippen molar-refractivity contribution in [2.75, 3.05) is 25.4 Å². The summed E-state index contributed by atoms with van der Waals surface area (Å²) in [6.07, 6.45) is 6.68. The van der Waals surface area contributed by atoms with E-state index >= 15 is 0 Å². The van der Waals surface area contributed by atoms with Crippen LogP contribution in [0.3, 0.4) is 0 Å². The van der Waals surface area contributed by atoms with Gasteiger partial charge in [0.2, 0.25) is 0 Å². The van der Waals surface area contributed by atoms with Gasteiger partial charge in [-0.15, -0.1) is 0 Å². The lowest BCUT2D eigenvalue weighted by Crippen LogP contribution is -2.59. The van der Waals surface area contributed by atoms with Crippen molar-refractivity contribution in [3.05, 3.63) is 0 Å². The van der Waals surface area contributed by atoms with Gasteiger partial charge in [-0.2, -0.15) is 0 Å². The molecule has 2 rings (SSSR count). The maximum atomic E-state index is 12.1. The Morgan fingerprint density at radius 1 is 1.19 bits per heavy atom. The molecule has 1 aliphatic heterocycles. The maximum absolute atomic E-state index is 12.1. The second-order valence-electron chi connectivity index (χ2n) is 7.19. The van der Waals surface area contributed by atoms with Gasteiger partial charge in [0.15, 0.2) is 9.84 Å². The van der Waals surface area contributed by atoms with Crippen LogP contribution in [-0.4, -0.2) is 56.0 Å². The summed E-state index contributed by atoms with van der Waals surface area (Å²) in [5.74, 6) is 1.06. The predicted octanol–water partition coefficient (Wildman–Crippen LogP) is 2.05. The lowest BCUT2D eigenvalue weighted by molar-refractivity contribution is 0.0810. The summed E-state index contributed by atoms with van der Waals surface area (Å²) in [5.41, 5.74) is 0. The van der Waals surface area contributed by atoms with E-state index in [1.165, 1.54) is 32.1 Å². The molecule has 0 spiro atoms. The fourth-order valence-electron chi connectivity index (χ4n) is 3.72. The molecule has 2 aliphatic rings. The lowest BCUT2D eigenvalue weighted by Gasteiger charge is -2.44. The van der Waals surface area contributed by atoms with Crippen molar-refractivity contribution in [1.29, 1.82) is 0 Å². The van der Waals surface area contributed by atoms with Crippen molar-refractivity contribution < 1.29 is 8.42 Å². The molecule has 0 bridgehead atoms. The monoisotopic (exact) mass is 316 g/mol. The van der Waals surface area contributed by atoms with Crippen molar-refractivity contribution >= 4 is 9.84 Å². The van der Waals surface area contributed by atoms with E-state index in [0.717, 1.165) is 19.0 Å². The summed E-state index contributed by atoms with van der Waals surface area (Å²) in [6, 6.07) is 0.996. The number of sulfone groups is 1. The van der Waals surface area contributed by atoms with Gasteiger partial charge in [-0.25, -0.2) is 8.42 Å². The van der Waals surface area contributed by atoms with Crippen LogP contribution in [0.2, 0.25) is 0 Å². The fraction of sp³-hybridized carbons (Fsp3) is 1.00. The molecule has 1 aliphatic carbocycles. The summed E-state index contributed by atoms with van der Waals surface area (Å²) in [7, 11) is -2.93. The van der Waals surface area contributed by atoms with Crippen LogP contribution >= 0.6 is 0 Å². The second kappa shape index (κ2) is 7.42. The molecule has 5 heteroatoms. The average molecular weight is 317 g/mol. The Kier molecular flexibility index (Phi) is 6.09. The fourth-order valence-corrected chi connectivity index (χ4v) is 4.68. The Morgan fingerprint density at radius 3 is 2.48 bits per heavy atom. The number of hydrogen-bond donors (Lipinski definition) is 1. The van der Waals surface area contributed by atoms with E-state index in [2.05, 4.69) is 17.1 Å². The minimum atomic E-state index is -2.93. The van der Waals surface area contributed by atoms with Crippen LogP contribution in [0.25, 0.3) is 0 Å². The molecule has 0 amide bonds. The molecular formula is C16H32N2O2S. The highest BCUT2D eigenvalue weighted by atomic mass is 32.2. The first-order valence-electron chi connectivity index (χ1n) is 8.59. The molecule has 1 heterocycles. The highest BCUT2D eigenvalue weighted by Crippen LogP contribution is 2.30. The Balaban J connectivity index is 1.98. The Morgan fingerprint density at radius 2 is 1.86 bits per heavy atom. The molecule has 0 aromatic rings. The van der Waals surface area contributed by atoms with Crippen LogP contribution in [0.15, 0.2) is 0 Å². The highest BCUT2D eigenvalue weighted by molar-refractivity contribution is 7.92. The van der Waals surface area contributed by atoms with E-state index < -0.39 is 9.84 Å². The van der Waals surface area contributed by atoms with Gasteiger partial charge >= 0.3 is 0 Å². The third-order valence-corrected chi connectivity index (χ3v) is 7.42. The van der Waals surface area contributed by atoms with Crippen molar-refractivity contribution in [3.8, 4) is 0 Å². The van der Waals surface area contributed by atoms with E-state index in [-0.39, 0.29) is 5.25 Å². The van der Waals surface area contributed by atoms with Gasteiger partial charge in [-0.05, 0) is 39.5 Å². The molecule has 21 heavy (non-hydrogen) atoms. The van der Waals surface area contributed by atoms with Crippen LogP contribution in [0, 0.1) is 5.92 Å². The van der Waals surface area contributed by atoms with E-state index in [0.29, 0.717) is 24.4 Å². The molecule has 1 saturated carbocycles. The SMILES string of the molecule is CC1CN(CCS(=O)(=O)C(C)C)C(C2CCCCC2)CN1. The minimum Gasteiger partial charge on any atom is -0.311 e. The maximum Gasteiger partial charge on any atom is 0.153 e. The van der Waals surface area contributed by atoms with Crippen molar-refractivity contribution in [1.82, 2.24) is 10.2 Å². The second-order valence-corrected chi connectivity index (χ2v) is 9.86. The Hall–Kier alpha value is -0.130. The standard InChI is InChI=1S/C16H32N2O2S/c1-13(2)21(19,20)10-9-18-12-14(3)17-11-16(18)15-7-5-4-6-8-15/h13-17H,4-12H2,1-3H3. The van der Waals surface area contributed by atoms with Gasteiger partial charge in [0.25, 0.3) is 0 Å². The largest absolute Gasteiger partial charge is 0.311 e. The van der Waals surface area contributed by atoms with Gasteiger partial charge in [0, 0.05) is 31.7 Å². The number of nitrogens with one attached hydrogen (secondary N) is 1. The first-order chi connectivity index (χ1) is 9.90. The summed E-state index contributed by atoms with van der Waals surface area (Å²) < 4.78 is 24.2. The van der Waals surface area contributed by atoms with Crippen LogP contribution in [0.4, 0.5) is 0 Å². The van der Waals surface area contributed by atoms with Crippen molar-refractivity contribution in [3.63, 3.8) is 0 Å². The zero-order valence-electron chi connectivity index (χ0n) is 13.8. The van der Waals surface area contributed by atoms with Crippen LogP contribution < -0.4 is 5.32 Å². The summed E-state index contributed by atoms with van der Waals surface area (Å²) in [4.78, 5) is 2.46. The van der Waals surface area contributed by atoms with Crippen molar-refractivity contribution in [2.24, 2.45) is 5.92 Å². The molecule has 124 valence electrons. The first-order valence-corrected chi connectivity index (χ1v) is 10.3. The lowest BCUT2D eigenvalue weighted by atomic mass is 9.82. The summed E-state index contributed by atoms with van der Waals surface area (Å²) in [5, 5.41) is 3.33. The number of nitrogens with zero attached hydrogens (tertiary/aromatic N) is 1. The molecule has 2 fully saturated rings. The zero-order valence-corrected chi connectivity index (χ0v) is 14.7. The zero-order chi connectivity index (χ0) is 15.5. The number of piperazine rings is 1. The minimum absolute atomic E-state index is 0.258. The quantitative estimate of drug-likeness (QED) is 0.843. The molecule has 1 saturated heterocycles. The smallest absolute Gasteiger partial charge is 0.153 e. The van der Waals surface area contributed by atoms with Crippen LogP contribution in [0.5, 0.6) is 0 Å². The summed E-state index contributed by atoms with van der Waals surface area (Å²) in [6.45, 7) is 8.47. The van der Waals surface area contributed by atoms with Crippen LogP contribution in [0.1, 0.15) is 52.9 Å². The van der Waals surface area contributed by atoms with Gasteiger partial charge in [-0.1, -0.05) is 19.3 Å².